The molecule has 1 N–H and O–H groups in total. The topological polar surface area (TPSA) is 35.8 Å². The number of benzene rings is 1. The molecule has 2 nitrogen and oxygen atoms in total. The molecular formula is C11H12N2. The fourth-order valence-corrected chi connectivity index (χ4v) is 1.07. The Bertz CT molecular complexity index is 323. The maximum atomic E-state index is 8.65. The Hall–Kier alpha value is -1.59. The van der Waals surface area contributed by atoms with Crippen LogP contribution in [0.2, 0.25) is 0 Å². The summed E-state index contributed by atoms with van der Waals surface area (Å²) in [6, 6.07) is 9.69. The zero-order valence-corrected chi connectivity index (χ0v) is 7.46. The number of rotatable bonds is 4. The van der Waals surface area contributed by atoms with Crippen molar-refractivity contribution in [3.63, 3.8) is 0 Å². The molecule has 0 heterocycles. The van der Waals surface area contributed by atoms with Crippen molar-refractivity contribution in [2.24, 2.45) is 0 Å². The molecule has 1 rings (SSSR count). The molecule has 0 aromatic heterocycles. The summed E-state index contributed by atoms with van der Waals surface area (Å²) in [6.45, 7) is 5.18. The SMILES string of the molecule is C=CCNCc1cccc(C#N)c1. The highest BCUT2D eigenvalue weighted by atomic mass is 14.8. The molecule has 0 fully saturated rings. The predicted octanol–water partition coefficient (Wildman–Crippen LogP) is 1.83. The van der Waals surface area contributed by atoms with E-state index in [1.165, 1.54) is 0 Å². The lowest BCUT2D eigenvalue weighted by atomic mass is 10.1. The smallest absolute Gasteiger partial charge is 0.0991 e. The fraction of sp³-hybridized carbons (Fsp3) is 0.182. The minimum atomic E-state index is 0.706. The van der Waals surface area contributed by atoms with Gasteiger partial charge in [0.2, 0.25) is 0 Å². The second-order valence-electron chi connectivity index (χ2n) is 2.73. The highest BCUT2D eigenvalue weighted by Gasteiger charge is 1.93. The van der Waals surface area contributed by atoms with Gasteiger partial charge in [0.05, 0.1) is 11.6 Å². The zero-order valence-electron chi connectivity index (χ0n) is 7.46. The molecule has 0 saturated carbocycles. The van der Waals surface area contributed by atoms with Crippen LogP contribution in [0.5, 0.6) is 0 Å². The average molecular weight is 172 g/mol. The summed E-state index contributed by atoms with van der Waals surface area (Å²) in [5.74, 6) is 0. The predicted molar refractivity (Wildman–Crippen MR) is 53.1 cm³/mol. The van der Waals surface area contributed by atoms with E-state index in [0.29, 0.717) is 5.56 Å². The lowest BCUT2D eigenvalue weighted by Crippen LogP contribution is -2.12. The van der Waals surface area contributed by atoms with E-state index in [0.717, 1.165) is 18.7 Å². The van der Waals surface area contributed by atoms with Crippen molar-refractivity contribution in [2.75, 3.05) is 6.54 Å². The molecule has 0 unspecified atom stereocenters. The van der Waals surface area contributed by atoms with Crippen molar-refractivity contribution in [3.8, 4) is 6.07 Å². The van der Waals surface area contributed by atoms with E-state index in [1.807, 2.05) is 24.3 Å². The molecule has 2 heteroatoms. The van der Waals surface area contributed by atoms with Crippen LogP contribution in [0.15, 0.2) is 36.9 Å². The molecule has 0 radical (unpaired) electrons. The highest BCUT2D eigenvalue weighted by Crippen LogP contribution is 2.03. The molecule has 0 bridgehead atoms. The first-order valence-corrected chi connectivity index (χ1v) is 4.17. The summed E-state index contributed by atoms with van der Waals surface area (Å²) in [5, 5.41) is 11.8. The Kier molecular flexibility index (Phi) is 3.74. The van der Waals surface area contributed by atoms with Crippen LogP contribution in [0.25, 0.3) is 0 Å². The third-order valence-corrected chi connectivity index (χ3v) is 1.67. The summed E-state index contributed by atoms with van der Waals surface area (Å²) in [4.78, 5) is 0. The molecule has 0 saturated heterocycles. The standard InChI is InChI=1S/C11H12N2/c1-2-6-13-9-11-5-3-4-10(7-11)8-12/h2-5,7,13H,1,6,9H2. The molecule has 0 aliphatic carbocycles. The minimum Gasteiger partial charge on any atom is -0.309 e. The summed E-state index contributed by atoms with van der Waals surface area (Å²) in [5.41, 5.74) is 1.83. The third-order valence-electron chi connectivity index (χ3n) is 1.67. The van der Waals surface area contributed by atoms with Gasteiger partial charge in [0.1, 0.15) is 0 Å². The van der Waals surface area contributed by atoms with Crippen LogP contribution in [0, 0.1) is 11.3 Å². The van der Waals surface area contributed by atoms with Gasteiger partial charge in [0, 0.05) is 13.1 Å². The van der Waals surface area contributed by atoms with Crippen molar-refractivity contribution in [3.05, 3.63) is 48.0 Å². The molecule has 66 valence electrons. The van der Waals surface area contributed by atoms with Gasteiger partial charge in [-0.25, -0.2) is 0 Å². The average Bonchev–Trinajstić information content (AvgIpc) is 2.19. The molecular weight excluding hydrogens is 160 g/mol. The van der Waals surface area contributed by atoms with Gasteiger partial charge in [0.15, 0.2) is 0 Å². The number of nitrogens with one attached hydrogen (secondary N) is 1. The van der Waals surface area contributed by atoms with E-state index >= 15 is 0 Å². The quantitative estimate of drug-likeness (QED) is 0.555. The van der Waals surface area contributed by atoms with Gasteiger partial charge in [-0.2, -0.15) is 5.26 Å². The van der Waals surface area contributed by atoms with Crippen LogP contribution in [0.1, 0.15) is 11.1 Å². The van der Waals surface area contributed by atoms with Crippen LogP contribution in [0.4, 0.5) is 0 Å². The van der Waals surface area contributed by atoms with Crippen LogP contribution in [-0.2, 0) is 6.54 Å². The Labute approximate surface area is 78.5 Å². The molecule has 1 aromatic rings. The van der Waals surface area contributed by atoms with E-state index in [4.69, 9.17) is 5.26 Å². The molecule has 0 aliphatic rings. The van der Waals surface area contributed by atoms with E-state index in [-0.39, 0.29) is 0 Å². The Balaban J connectivity index is 2.57. The largest absolute Gasteiger partial charge is 0.309 e. The summed E-state index contributed by atoms with van der Waals surface area (Å²) in [6.07, 6.45) is 1.81. The maximum absolute atomic E-state index is 8.65. The number of nitrogens with zero attached hydrogens (tertiary/aromatic N) is 1. The van der Waals surface area contributed by atoms with Crippen molar-refractivity contribution in [2.45, 2.75) is 6.54 Å². The van der Waals surface area contributed by atoms with Gasteiger partial charge < -0.3 is 5.32 Å². The third kappa shape index (κ3) is 3.10. The molecule has 0 spiro atoms. The Morgan fingerprint density at radius 2 is 2.38 bits per heavy atom. The maximum Gasteiger partial charge on any atom is 0.0991 e. The Morgan fingerprint density at radius 1 is 1.54 bits per heavy atom. The second-order valence-corrected chi connectivity index (χ2v) is 2.73. The van der Waals surface area contributed by atoms with Gasteiger partial charge in [-0.3, -0.25) is 0 Å². The van der Waals surface area contributed by atoms with Gasteiger partial charge in [0.25, 0.3) is 0 Å². The van der Waals surface area contributed by atoms with Gasteiger partial charge >= 0.3 is 0 Å². The number of hydrogen-bond acceptors (Lipinski definition) is 2. The lowest BCUT2D eigenvalue weighted by molar-refractivity contribution is 0.760. The summed E-state index contributed by atoms with van der Waals surface area (Å²) >= 11 is 0. The van der Waals surface area contributed by atoms with Crippen LogP contribution in [0.3, 0.4) is 0 Å². The van der Waals surface area contributed by atoms with Crippen molar-refractivity contribution < 1.29 is 0 Å². The first-order valence-electron chi connectivity index (χ1n) is 4.17. The normalized spacial score (nSPS) is 9.15. The van der Waals surface area contributed by atoms with Gasteiger partial charge in [-0.1, -0.05) is 18.2 Å². The molecule has 0 amide bonds. The van der Waals surface area contributed by atoms with Gasteiger partial charge in [-0.15, -0.1) is 6.58 Å². The van der Waals surface area contributed by atoms with Crippen molar-refractivity contribution >= 4 is 0 Å². The van der Waals surface area contributed by atoms with Crippen LogP contribution < -0.4 is 5.32 Å². The lowest BCUT2D eigenvalue weighted by Gasteiger charge is -2.01. The van der Waals surface area contributed by atoms with E-state index in [1.54, 1.807) is 6.07 Å². The minimum absolute atomic E-state index is 0.706. The Morgan fingerprint density at radius 3 is 3.08 bits per heavy atom. The number of hydrogen-bond donors (Lipinski definition) is 1. The van der Waals surface area contributed by atoms with E-state index in [9.17, 15) is 0 Å². The highest BCUT2D eigenvalue weighted by molar-refractivity contribution is 5.32. The number of nitriles is 1. The summed E-state index contributed by atoms with van der Waals surface area (Å²) < 4.78 is 0. The zero-order chi connectivity index (χ0) is 9.52. The van der Waals surface area contributed by atoms with Crippen molar-refractivity contribution in [1.82, 2.24) is 5.32 Å². The van der Waals surface area contributed by atoms with Crippen LogP contribution in [-0.4, -0.2) is 6.54 Å². The van der Waals surface area contributed by atoms with E-state index in [2.05, 4.69) is 18.0 Å². The molecule has 1 aromatic carbocycles. The van der Waals surface area contributed by atoms with Crippen LogP contribution >= 0.6 is 0 Å². The molecule has 0 atom stereocenters. The van der Waals surface area contributed by atoms with Crippen molar-refractivity contribution in [1.29, 1.82) is 5.26 Å². The van der Waals surface area contributed by atoms with E-state index < -0.39 is 0 Å². The monoisotopic (exact) mass is 172 g/mol. The van der Waals surface area contributed by atoms with Gasteiger partial charge in [-0.05, 0) is 17.7 Å². The molecule has 13 heavy (non-hydrogen) atoms. The molecule has 0 aliphatic heterocycles. The first kappa shape index (κ1) is 9.50. The second kappa shape index (κ2) is 5.13. The fourth-order valence-electron chi connectivity index (χ4n) is 1.07. The summed E-state index contributed by atoms with van der Waals surface area (Å²) in [7, 11) is 0. The first-order chi connectivity index (χ1) is 6.36.